The Morgan fingerprint density at radius 1 is 1.23 bits per heavy atom. The molecule has 4 rings (SSSR count). The molecule has 1 aliphatic heterocycles. The number of hydrogen-bond donors (Lipinski definition) is 1. The Morgan fingerprint density at radius 3 is 2.70 bits per heavy atom. The second-order valence-corrected chi connectivity index (χ2v) is 8.88. The molecule has 7 heteroatoms. The van der Waals surface area contributed by atoms with Gasteiger partial charge in [0.25, 0.3) is 5.91 Å². The second-order valence-electron chi connectivity index (χ2n) is 7.88. The number of fused-ring (bicyclic) bond motifs is 1. The van der Waals surface area contributed by atoms with E-state index in [0.29, 0.717) is 22.9 Å². The van der Waals surface area contributed by atoms with Crippen molar-refractivity contribution in [3.05, 3.63) is 40.5 Å². The SMILES string of the molecule is CCOc1ccccc1NC(=O)c1sc2nc(C)nc(N3CCC(C)CC3)c2c1C. The molecule has 0 spiro atoms. The molecule has 1 N–H and O–H groups in total. The van der Waals surface area contributed by atoms with E-state index in [-0.39, 0.29) is 5.91 Å². The summed E-state index contributed by atoms with van der Waals surface area (Å²) in [7, 11) is 0. The predicted octanol–water partition coefficient (Wildman–Crippen LogP) is 5.20. The van der Waals surface area contributed by atoms with Crippen LogP contribution in [0.4, 0.5) is 11.5 Å². The lowest BCUT2D eigenvalue weighted by Gasteiger charge is -2.31. The molecule has 0 radical (unpaired) electrons. The van der Waals surface area contributed by atoms with Gasteiger partial charge in [0.1, 0.15) is 22.2 Å². The van der Waals surface area contributed by atoms with Crippen molar-refractivity contribution in [2.75, 3.05) is 29.9 Å². The average Bonchev–Trinajstić information content (AvgIpc) is 3.06. The normalized spacial score (nSPS) is 14.9. The number of nitrogens with one attached hydrogen (secondary N) is 1. The highest BCUT2D eigenvalue weighted by molar-refractivity contribution is 7.20. The fourth-order valence-corrected chi connectivity index (χ4v) is 5.03. The molecule has 0 bridgehead atoms. The third kappa shape index (κ3) is 3.99. The van der Waals surface area contributed by atoms with Gasteiger partial charge in [-0.3, -0.25) is 4.79 Å². The number of aryl methyl sites for hydroxylation is 2. The summed E-state index contributed by atoms with van der Waals surface area (Å²) in [4.78, 5) is 26.5. The topological polar surface area (TPSA) is 67.3 Å². The lowest BCUT2D eigenvalue weighted by Crippen LogP contribution is -2.33. The van der Waals surface area contributed by atoms with Crippen LogP contribution in [-0.2, 0) is 0 Å². The Bertz CT molecular complexity index is 1070. The molecule has 3 aromatic rings. The lowest BCUT2D eigenvalue weighted by molar-refractivity contribution is 0.102. The maximum Gasteiger partial charge on any atom is 0.266 e. The molecule has 0 unspecified atom stereocenters. The highest BCUT2D eigenvalue weighted by atomic mass is 32.1. The minimum Gasteiger partial charge on any atom is -0.492 e. The monoisotopic (exact) mass is 424 g/mol. The summed E-state index contributed by atoms with van der Waals surface area (Å²) < 4.78 is 5.65. The zero-order chi connectivity index (χ0) is 21.3. The molecule has 30 heavy (non-hydrogen) atoms. The number of para-hydroxylation sites is 2. The first-order valence-corrected chi connectivity index (χ1v) is 11.4. The molecule has 158 valence electrons. The summed E-state index contributed by atoms with van der Waals surface area (Å²) in [6, 6.07) is 7.51. The zero-order valence-electron chi connectivity index (χ0n) is 18.0. The van der Waals surface area contributed by atoms with Gasteiger partial charge in [-0.15, -0.1) is 11.3 Å². The third-order valence-electron chi connectivity index (χ3n) is 5.61. The minimum atomic E-state index is -0.140. The van der Waals surface area contributed by atoms with E-state index in [1.54, 1.807) is 0 Å². The Kier molecular flexibility index (Phi) is 5.90. The highest BCUT2D eigenvalue weighted by Gasteiger charge is 2.25. The first-order valence-electron chi connectivity index (χ1n) is 10.5. The molecule has 2 aromatic heterocycles. The summed E-state index contributed by atoms with van der Waals surface area (Å²) >= 11 is 1.43. The first-order chi connectivity index (χ1) is 14.5. The molecule has 1 aromatic carbocycles. The number of amides is 1. The van der Waals surface area contributed by atoms with E-state index in [4.69, 9.17) is 9.72 Å². The van der Waals surface area contributed by atoms with Crippen molar-refractivity contribution < 1.29 is 9.53 Å². The van der Waals surface area contributed by atoms with Crippen molar-refractivity contribution in [3.63, 3.8) is 0 Å². The number of piperidine rings is 1. The molecule has 0 aliphatic carbocycles. The number of aromatic nitrogens is 2. The average molecular weight is 425 g/mol. The van der Waals surface area contributed by atoms with Crippen LogP contribution in [0.15, 0.2) is 24.3 Å². The maximum absolute atomic E-state index is 13.2. The Balaban J connectivity index is 1.70. The van der Waals surface area contributed by atoms with Gasteiger partial charge in [-0.2, -0.15) is 0 Å². The van der Waals surface area contributed by atoms with E-state index >= 15 is 0 Å². The summed E-state index contributed by atoms with van der Waals surface area (Å²) in [5.74, 6) is 2.98. The number of carbonyl (C=O) groups excluding carboxylic acids is 1. The van der Waals surface area contributed by atoms with Gasteiger partial charge in [0.2, 0.25) is 0 Å². The molecule has 1 fully saturated rings. The van der Waals surface area contributed by atoms with Gasteiger partial charge in [0.05, 0.1) is 22.6 Å². The molecule has 0 atom stereocenters. The summed E-state index contributed by atoms with van der Waals surface area (Å²) in [5.41, 5.74) is 1.61. The van der Waals surface area contributed by atoms with Crippen LogP contribution in [0.1, 0.15) is 47.7 Å². The van der Waals surface area contributed by atoms with Crippen molar-refractivity contribution in [1.29, 1.82) is 0 Å². The second kappa shape index (κ2) is 8.60. The van der Waals surface area contributed by atoms with Gasteiger partial charge in [-0.1, -0.05) is 19.1 Å². The van der Waals surface area contributed by atoms with E-state index in [2.05, 4.69) is 22.1 Å². The molecular weight excluding hydrogens is 396 g/mol. The number of anilines is 2. The highest BCUT2D eigenvalue weighted by Crippen LogP contribution is 2.37. The lowest BCUT2D eigenvalue weighted by atomic mass is 9.99. The maximum atomic E-state index is 13.2. The van der Waals surface area contributed by atoms with Crippen LogP contribution >= 0.6 is 11.3 Å². The van der Waals surface area contributed by atoms with E-state index in [1.165, 1.54) is 11.3 Å². The van der Waals surface area contributed by atoms with Crippen LogP contribution in [-0.4, -0.2) is 35.6 Å². The quantitative estimate of drug-likeness (QED) is 0.610. The smallest absolute Gasteiger partial charge is 0.266 e. The Morgan fingerprint density at radius 2 is 1.97 bits per heavy atom. The first kappa shape index (κ1) is 20.6. The van der Waals surface area contributed by atoms with Crippen LogP contribution in [0.3, 0.4) is 0 Å². The van der Waals surface area contributed by atoms with Gasteiger partial charge in [0.15, 0.2) is 0 Å². The molecular formula is C23H28N4O2S. The van der Waals surface area contributed by atoms with Gasteiger partial charge in [0, 0.05) is 13.1 Å². The van der Waals surface area contributed by atoms with E-state index in [0.717, 1.165) is 59.3 Å². The molecule has 6 nitrogen and oxygen atoms in total. The molecule has 3 heterocycles. The van der Waals surface area contributed by atoms with E-state index in [1.807, 2.05) is 45.0 Å². The number of rotatable bonds is 5. The number of thiophene rings is 1. The summed E-state index contributed by atoms with van der Waals surface area (Å²) in [5, 5.41) is 4.02. The molecule has 1 amide bonds. The summed E-state index contributed by atoms with van der Waals surface area (Å²) in [6.45, 7) is 10.7. The largest absolute Gasteiger partial charge is 0.492 e. The van der Waals surface area contributed by atoms with Crippen LogP contribution in [0.5, 0.6) is 5.75 Å². The Labute approximate surface area is 181 Å². The van der Waals surface area contributed by atoms with Crippen LogP contribution in [0.25, 0.3) is 10.2 Å². The van der Waals surface area contributed by atoms with Crippen molar-refractivity contribution in [2.45, 2.75) is 40.5 Å². The zero-order valence-corrected chi connectivity index (χ0v) is 18.8. The number of nitrogens with zero attached hydrogens (tertiary/aromatic N) is 3. The van der Waals surface area contributed by atoms with Crippen LogP contribution in [0, 0.1) is 19.8 Å². The predicted molar refractivity (Wildman–Crippen MR) is 123 cm³/mol. The van der Waals surface area contributed by atoms with E-state index in [9.17, 15) is 4.79 Å². The third-order valence-corrected chi connectivity index (χ3v) is 6.79. The van der Waals surface area contributed by atoms with Crippen molar-refractivity contribution >= 4 is 39.0 Å². The standard InChI is InChI=1S/C23H28N4O2S/c1-5-29-18-9-7-6-8-17(18)26-22(28)20-15(3)19-21(24-16(4)25-23(19)30-20)27-12-10-14(2)11-13-27/h6-9,14H,5,10-13H2,1-4H3,(H,26,28). The number of hydrogen-bond acceptors (Lipinski definition) is 6. The molecule has 1 saturated heterocycles. The van der Waals surface area contributed by atoms with Gasteiger partial charge < -0.3 is 15.0 Å². The Hall–Kier alpha value is -2.67. The fraction of sp³-hybridized carbons (Fsp3) is 0.435. The molecule has 0 saturated carbocycles. The molecule has 1 aliphatic rings. The summed E-state index contributed by atoms with van der Waals surface area (Å²) in [6.07, 6.45) is 2.32. The van der Waals surface area contributed by atoms with Crippen LogP contribution in [0.2, 0.25) is 0 Å². The number of benzene rings is 1. The van der Waals surface area contributed by atoms with Crippen molar-refractivity contribution in [3.8, 4) is 5.75 Å². The van der Waals surface area contributed by atoms with Crippen LogP contribution < -0.4 is 15.0 Å². The van der Waals surface area contributed by atoms with Gasteiger partial charge in [-0.05, 0) is 57.2 Å². The van der Waals surface area contributed by atoms with Crippen molar-refractivity contribution in [2.24, 2.45) is 5.92 Å². The fourth-order valence-electron chi connectivity index (χ4n) is 3.92. The number of ether oxygens (including phenoxy) is 1. The van der Waals surface area contributed by atoms with E-state index < -0.39 is 0 Å². The minimum absolute atomic E-state index is 0.140. The van der Waals surface area contributed by atoms with Gasteiger partial charge >= 0.3 is 0 Å². The number of carbonyl (C=O) groups is 1. The van der Waals surface area contributed by atoms with Crippen molar-refractivity contribution in [1.82, 2.24) is 9.97 Å². The van der Waals surface area contributed by atoms with Gasteiger partial charge in [-0.25, -0.2) is 9.97 Å².